The second-order valence-electron chi connectivity index (χ2n) is 20.1. The third-order valence-electron chi connectivity index (χ3n) is 12.3. The Labute approximate surface area is 414 Å². The number of phosphoric ester groups is 1. The van der Waals surface area contributed by atoms with Gasteiger partial charge in [0.25, 0.3) is 0 Å². The Hall–Kier alpha value is -2.03. The van der Waals surface area contributed by atoms with Crippen molar-refractivity contribution in [3.05, 3.63) is 48.6 Å². The number of likely N-dealkylation sites (N-methyl/N-ethyl adjacent to an activating group) is 1. The van der Waals surface area contributed by atoms with Gasteiger partial charge in [0.15, 0.2) is 0 Å². The number of allylic oxidation sites excluding steroid dienone is 7. The van der Waals surface area contributed by atoms with E-state index in [9.17, 15) is 19.0 Å². The molecule has 0 aromatic rings. The quantitative estimate of drug-likeness (QED) is 0.0156. The Morgan fingerprint density at radius 2 is 0.955 bits per heavy atom. The van der Waals surface area contributed by atoms with Crippen molar-refractivity contribution < 1.29 is 37.3 Å². The molecule has 0 aliphatic carbocycles. The molecule has 0 spiro atoms. The lowest BCUT2D eigenvalue weighted by Gasteiger charge is -2.27. The number of nitrogens with zero attached hydrogens (tertiary/aromatic N) is 1. The summed E-state index contributed by atoms with van der Waals surface area (Å²) in [5.41, 5.74) is 0. The molecule has 3 atom stereocenters. The van der Waals surface area contributed by atoms with E-state index < -0.39 is 20.0 Å². The van der Waals surface area contributed by atoms with Gasteiger partial charge in [-0.05, 0) is 51.0 Å². The van der Waals surface area contributed by atoms with E-state index >= 15 is 0 Å². The van der Waals surface area contributed by atoms with Crippen LogP contribution in [0.2, 0.25) is 0 Å². The van der Waals surface area contributed by atoms with Crippen LogP contribution in [-0.4, -0.2) is 74.3 Å². The van der Waals surface area contributed by atoms with E-state index in [0.717, 1.165) is 83.5 Å². The molecule has 1 amide bonds. The minimum atomic E-state index is -4.44. The van der Waals surface area contributed by atoms with Crippen molar-refractivity contribution in [2.75, 3.05) is 40.9 Å². The topological polar surface area (TPSA) is 111 Å². The van der Waals surface area contributed by atoms with Gasteiger partial charge in [0.2, 0.25) is 5.91 Å². The van der Waals surface area contributed by atoms with Gasteiger partial charge in [-0.25, -0.2) is 4.57 Å². The summed E-state index contributed by atoms with van der Waals surface area (Å²) >= 11 is 0. The number of rotatable bonds is 50. The number of carbonyl (C=O) groups is 2. The number of hydrogen-bond donors (Lipinski definition) is 2. The van der Waals surface area contributed by atoms with E-state index in [4.69, 9.17) is 13.8 Å². The molecule has 0 aliphatic rings. The van der Waals surface area contributed by atoms with Gasteiger partial charge >= 0.3 is 13.8 Å². The van der Waals surface area contributed by atoms with Crippen LogP contribution >= 0.6 is 7.82 Å². The summed E-state index contributed by atoms with van der Waals surface area (Å²) in [7, 11) is 1.49. The van der Waals surface area contributed by atoms with Crippen molar-refractivity contribution in [1.82, 2.24) is 5.32 Å². The number of unbranched alkanes of at least 4 members (excludes halogenated alkanes) is 30. The van der Waals surface area contributed by atoms with Gasteiger partial charge in [0.05, 0.1) is 33.8 Å². The maximum Gasteiger partial charge on any atom is 0.472 e. The van der Waals surface area contributed by atoms with Crippen LogP contribution in [0.15, 0.2) is 48.6 Å². The zero-order valence-electron chi connectivity index (χ0n) is 44.6. The van der Waals surface area contributed by atoms with Crippen molar-refractivity contribution in [3.8, 4) is 0 Å². The van der Waals surface area contributed by atoms with E-state index in [1.807, 2.05) is 33.3 Å². The molecule has 0 saturated carbocycles. The van der Waals surface area contributed by atoms with Gasteiger partial charge in [0, 0.05) is 12.8 Å². The van der Waals surface area contributed by atoms with E-state index in [1.54, 1.807) is 0 Å². The number of amides is 1. The molecule has 9 nitrogen and oxygen atoms in total. The largest absolute Gasteiger partial charge is 0.472 e. The van der Waals surface area contributed by atoms with E-state index in [1.165, 1.54) is 135 Å². The molecule has 0 saturated heterocycles. The van der Waals surface area contributed by atoms with E-state index in [0.29, 0.717) is 17.4 Å². The number of ether oxygens (including phenoxy) is 1. The summed E-state index contributed by atoms with van der Waals surface area (Å²) in [6, 6.07) is -0.852. The first-order chi connectivity index (χ1) is 32.4. The van der Waals surface area contributed by atoms with Crippen molar-refractivity contribution in [2.45, 2.75) is 264 Å². The normalized spacial score (nSPS) is 14.2. The van der Waals surface area contributed by atoms with Crippen LogP contribution in [0.25, 0.3) is 0 Å². The first-order valence-electron chi connectivity index (χ1n) is 28.0. The fourth-order valence-electron chi connectivity index (χ4n) is 8.00. The van der Waals surface area contributed by atoms with Crippen LogP contribution in [0.1, 0.15) is 252 Å². The number of carbonyl (C=O) groups excluding carboxylic acids is 2. The Bertz CT molecular complexity index is 1290. The van der Waals surface area contributed by atoms with Crippen LogP contribution in [0.3, 0.4) is 0 Å². The lowest BCUT2D eigenvalue weighted by atomic mass is 10.0. The van der Waals surface area contributed by atoms with Crippen LogP contribution in [0.4, 0.5) is 0 Å². The van der Waals surface area contributed by atoms with Crippen LogP contribution in [0, 0.1) is 0 Å². The molecule has 0 aliphatic heterocycles. The maximum atomic E-state index is 13.5. The molecule has 0 aromatic heterocycles. The zero-order valence-corrected chi connectivity index (χ0v) is 45.5. The first-order valence-corrected chi connectivity index (χ1v) is 29.5. The highest BCUT2D eigenvalue weighted by molar-refractivity contribution is 7.47. The van der Waals surface area contributed by atoms with Gasteiger partial charge in [-0.15, -0.1) is 0 Å². The molecule has 67 heavy (non-hydrogen) atoms. The number of nitrogens with one attached hydrogen (secondary N) is 1. The van der Waals surface area contributed by atoms with Crippen molar-refractivity contribution in [2.24, 2.45) is 0 Å². The molecule has 0 bridgehead atoms. The fraction of sp³-hybridized carbons (Fsp3) is 0.825. The standard InChI is InChI=1S/C57H107N2O7P/c1-7-10-13-16-19-22-25-28-29-32-34-37-40-43-46-49-56(60)58-54(53-65-67(62,63)64-52-51-59(4,5)6)55(48-45-42-39-36-33-30-26-23-20-17-14-11-8-2)66-57(61)50-47-44-41-38-35-31-27-24-21-18-15-12-9-3/h12,15,18,21,24,27,45,48,54-55H,7-11,13-14,16-17,19-20,22-23,25-26,28-44,46-47,49-53H2,1-6H3,(H-,58,60,62,63)/p+1/b15-12+,21-18+,27-24-,48-45+. The zero-order chi connectivity index (χ0) is 49.4. The second-order valence-corrected chi connectivity index (χ2v) is 21.6. The highest BCUT2D eigenvalue weighted by atomic mass is 31.2. The minimum Gasteiger partial charge on any atom is -0.456 e. The first kappa shape index (κ1) is 65.0. The summed E-state index contributed by atoms with van der Waals surface area (Å²) in [5.74, 6) is -0.523. The molecule has 0 radical (unpaired) electrons. The molecule has 10 heteroatoms. The van der Waals surface area contributed by atoms with Gasteiger partial charge < -0.3 is 19.4 Å². The van der Waals surface area contributed by atoms with Crippen molar-refractivity contribution in [1.29, 1.82) is 0 Å². The molecule has 3 unspecified atom stereocenters. The van der Waals surface area contributed by atoms with Crippen molar-refractivity contribution in [3.63, 3.8) is 0 Å². The lowest BCUT2D eigenvalue weighted by molar-refractivity contribution is -0.870. The summed E-state index contributed by atoms with van der Waals surface area (Å²) in [6.07, 6.45) is 56.7. The summed E-state index contributed by atoms with van der Waals surface area (Å²) in [6.45, 7) is 6.87. The summed E-state index contributed by atoms with van der Waals surface area (Å²) in [5, 5.41) is 3.04. The molecule has 0 rings (SSSR count). The maximum absolute atomic E-state index is 13.5. The smallest absolute Gasteiger partial charge is 0.456 e. The van der Waals surface area contributed by atoms with Gasteiger partial charge in [0.1, 0.15) is 19.3 Å². The molecule has 0 heterocycles. The molecule has 2 N–H and O–H groups in total. The Balaban J connectivity index is 5.40. The van der Waals surface area contributed by atoms with Crippen LogP contribution < -0.4 is 5.32 Å². The predicted molar refractivity (Wildman–Crippen MR) is 286 cm³/mol. The van der Waals surface area contributed by atoms with E-state index in [-0.39, 0.29) is 31.5 Å². The van der Waals surface area contributed by atoms with Gasteiger partial charge in [-0.3, -0.25) is 18.6 Å². The van der Waals surface area contributed by atoms with Crippen LogP contribution in [0.5, 0.6) is 0 Å². The Kier molecular flexibility index (Phi) is 46.2. The van der Waals surface area contributed by atoms with Gasteiger partial charge in [-0.1, -0.05) is 237 Å². The summed E-state index contributed by atoms with van der Waals surface area (Å²) in [4.78, 5) is 37.5. The summed E-state index contributed by atoms with van der Waals surface area (Å²) < 4.78 is 30.6. The third-order valence-corrected chi connectivity index (χ3v) is 13.3. The number of hydrogen-bond acceptors (Lipinski definition) is 6. The van der Waals surface area contributed by atoms with Crippen LogP contribution in [-0.2, 0) is 27.9 Å². The number of phosphoric acid groups is 1. The fourth-order valence-corrected chi connectivity index (χ4v) is 8.73. The lowest BCUT2D eigenvalue weighted by Crippen LogP contribution is -2.47. The monoisotopic (exact) mass is 964 g/mol. The third kappa shape index (κ3) is 48.8. The molecule has 392 valence electrons. The highest BCUT2D eigenvalue weighted by Crippen LogP contribution is 2.43. The average molecular weight is 964 g/mol. The number of quaternary nitrogens is 1. The Morgan fingerprint density at radius 3 is 1.42 bits per heavy atom. The van der Waals surface area contributed by atoms with Gasteiger partial charge in [-0.2, -0.15) is 0 Å². The molecule has 0 aromatic carbocycles. The highest BCUT2D eigenvalue weighted by Gasteiger charge is 2.30. The molecular formula is C57H108N2O7P+. The Morgan fingerprint density at radius 1 is 0.537 bits per heavy atom. The number of esters is 1. The second kappa shape index (κ2) is 47.6. The van der Waals surface area contributed by atoms with Crippen molar-refractivity contribution >= 4 is 19.7 Å². The molecular weight excluding hydrogens is 856 g/mol. The molecule has 0 fully saturated rings. The minimum absolute atomic E-state index is 0.0375. The predicted octanol–water partition coefficient (Wildman–Crippen LogP) is 16.6. The van der Waals surface area contributed by atoms with E-state index in [2.05, 4.69) is 62.5 Å². The average Bonchev–Trinajstić information content (AvgIpc) is 3.28. The SMILES string of the molecule is CC/C=C/C=C/C=C\CCCCCCCC(=O)OC(/C=C/CCCCCCCCCCCCC)C(COP(=O)(O)OCC[N+](C)(C)C)NC(=O)CCCCCCCCCCCCCCCCC.